The molecule has 2 nitrogen and oxygen atoms in total. The summed E-state index contributed by atoms with van der Waals surface area (Å²) < 4.78 is 5.33. The van der Waals surface area contributed by atoms with Crippen LogP contribution in [0.5, 0.6) is 5.75 Å². The lowest BCUT2D eigenvalue weighted by Crippen LogP contribution is -2.13. The maximum Gasteiger partial charge on any atom is 0.119 e. The van der Waals surface area contributed by atoms with Gasteiger partial charge in [-0.3, -0.25) is 0 Å². The van der Waals surface area contributed by atoms with Crippen LogP contribution < -0.4 is 10.1 Å². The molecular weight excluding hydrogens is 270 g/mol. The largest absolute Gasteiger partial charge is 0.497 e. The second kappa shape index (κ2) is 7.32. The third kappa shape index (κ3) is 3.75. The summed E-state index contributed by atoms with van der Waals surface area (Å²) in [4.78, 5) is 0. The van der Waals surface area contributed by atoms with E-state index in [-0.39, 0.29) is 0 Å². The van der Waals surface area contributed by atoms with Crippen LogP contribution >= 0.6 is 11.6 Å². The minimum absolute atomic E-state index is 0.342. The molecule has 0 radical (unpaired) electrons. The molecule has 1 unspecified atom stereocenters. The number of nitrogens with one attached hydrogen (secondary N) is 1. The first-order chi connectivity index (χ1) is 9.74. The predicted octanol–water partition coefficient (Wildman–Crippen LogP) is 4.09. The summed E-state index contributed by atoms with van der Waals surface area (Å²) in [5.74, 6) is 1.24. The highest BCUT2D eigenvalue weighted by atomic mass is 35.5. The molecule has 0 spiro atoms. The van der Waals surface area contributed by atoms with E-state index in [1.54, 1.807) is 7.11 Å². The van der Waals surface area contributed by atoms with E-state index in [1.807, 2.05) is 31.3 Å². The monoisotopic (exact) mass is 289 g/mol. The third-order valence-electron chi connectivity index (χ3n) is 3.45. The topological polar surface area (TPSA) is 21.3 Å². The molecule has 1 atom stereocenters. The maximum atomic E-state index is 5.98. The Morgan fingerprint density at radius 3 is 2.50 bits per heavy atom. The van der Waals surface area contributed by atoms with Crippen LogP contribution in [0.15, 0.2) is 48.5 Å². The molecule has 0 heterocycles. The van der Waals surface area contributed by atoms with E-state index >= 15 is 0 Å². The zero-order chi connectivity index (χ0) is 14.4. The van der Waals surface area contributed by atoms with Crippen molar-refractivity contribution in [1.82, 2.24) is 5.32 Å². The Morgan fingerprint density at radius 2 is 1.85 bits per heavy atom. The molecule has 3 heteroatoms. The molecule has 2 aromatic rings. The van der Waals surface area contributed by atoms with Crippen LogP contribution in [-0.2, 0) is 0 Å². The van der Waals surface area contributed by atoms with Crippen LogP contribution in [0, 0.1) is 0 Å². The number of hydrogen-bond donors (Lipinski definition) is 1. The van der Waals surface area contributed by atoms with Crippen molar-refractivity contribution in [3.63, 3.8) is 0 Å². The molecule has 106 valence electrons. The van der Waals surface area contributed by atoms with E-state index in [4.69, 9.17) is 16.3 Å². The van der Waals surface area contributed by atoms with Crippen molar-refractivity contribution < 1.29 is 4.74 Å². The number of halogens is 1. The number of hydrogen-bond acceptors (Lipinski definition) is 2. The van der Waals surface area contributed by atoms with Gasteiger partial charge >= 0.3 is 0 Å². The Morgan fingerprint density at radius 1 is 1.10 bits per heavy atom. The van der Waals surface area contributed by atoms with Crippen molar-refractivity contribution in [2.24, 2.45) is 0 Å². The smallest absolute Gasteiger partial charge is 0.119 e. The lowest BCUT2D eigenvalue weighted by atomic mass is 9.88. The fraction of sp³-hybridized carbons (Fsp3) is 0.294. The molecule has 0 saturated heterocycles. The first-order valence-electron chi connectivity index (χ1n) is 6.78. The number of methoxy groups -OCH3 is 1. The minimum atomic E-state index is 0.342. The van der Waals surface area contributed by atoms with Crippen molar-refractivity contribution in [3.05, 3.63) is 64.7 Å². The van der Waals surface area contributed by atoms with E-state index in [1.165, 1.54) is 11.1 Å². The number of ether oxygens (including phenoxy) is 1. The van der Waals surface area contributed by atoms with E-state index < -0.39 is 0 Å². The Hall–Kier alpha value is -1.51. The summed E-state index contributed by atoms with van der Waals surface area (Å²) in [7, 11) is 3.68. The van der Waals surface area contributed by atoms with Crippen molar-refractivity contribution in [2.45, 2.75) is 12.3 Å². The van der Waals surface area contributed by atoms with Gasteiger partial charge in [-0.05, 0) is 55.4 Å². The van der Waals surface area contributed by atoms with Gasteiger partial charge in [0.25, 0.3) is 0 Å². The minimum Gasteiger partial charge on any atom is -0.497 e. The van der Waals surface area contributed by atoms with Gasteiger partial charge < -0.3 is 10.1 Å². The van der Waals surface area contributed by atoms with Crippen LogP contribution in [0.3, 0.4) is 0 Å². The van der Waals surface area contributed by atoms with Gasteiger partial charge in [0.15, 0.2) is 0 Å². The van der Waals surface area contributed by atoms with Crippen LogP contribution in [-0.4, -0.2) is 20.7 Å². The Bertz CT molecular complexity index is 539. The SMILES string of the molecule is CNCCC(c1ccc(Cl)cc1)c1cccc(OC)c1. The molecule has 2 aromatic carbocycles. The third-order valence-corrected chi connectivity index (χ3v) is 3.70. The maximum absolute atomic E-state index is 5.98. The molecule has 0 fully saturated rings. The van der Waals surface area contributed by atoms with Crippen LogP contribution in [0.2, 0.25) is 5.02 Å². The second-order valence-corrected chi connectivity index (χ2v) is 5.21. The summed E-state index contributed by atoms with van der Waals surface area (Å²) >= 11 is 5.98. The highest BCUT2D eigenvalue weighted by Gasteiger charge is 2.14. The van der Waals surface area contributed by atoms with Crippen LogP contribution in [0.1, 0.15) is 23.5 Å². The quantitative estimate of drug-likeness (QED) is 0.865. The van der Waals surface area contributed by atoms with Gasteiger partial charge in [-0.15, -0.1) is 0 Å². The molecule has 0 aromatic heterocycles. The zero-order valence-corrected chi connectivity index (χ0v) is 12.7. The lowest BCUT2D eigenvalue weighted by Gasteiger charge is -2.18. The lowest BCUT2D eigenvalue weighted by molar-refractivity contribution is 0.414. The Balaban J connectivity index is 2.32. The van der Waals surface area contributed by atoms with E-state index in [2.05, 4.69) is 29.6 Å². The summed E-state index contributed by atoms with van der Waals surface area (Å²) in [6.45, 7) is 0.963. The molecule has 0 saturated carbocycles. The zero-order valence-electron chi connectivity index (χ0n) is 11.9. The first kappa shape index (κ1) is 14.9. The fourth-order valence-corrected chi connectivity index (χ4v) is 2.49. The van der Waals surface area contributed by atoms with Gasteiger partial charge in [0.1, 0.15) is 5.75 Å². The first-order valence-corrected chi connectivity index (χ1v) is 7.16. The van der Waals surface area contributed by atoms with Gasteiger partial charge in [-0.25, -0.2) is 0 Å². The standard InChI is InChI=1S/C17H20ClNO/c1-19-11-10-17(13-6-8-15(18)9-7-13)14-4-3-5-16(12-14)20-2/h3-9,12,17,19H,10-11H2,1-2H3. The highest BCUT2D eigenvalue weighted by Crippen LogP contribution is 2.30. The average molecular weight is 290 g/mol. The average Bonchev–Trinajstić information content (AvgIpc) is 2.49. The van der Waals surface area contributed by atoms with Gasteiger partial charge in [0, 0.05) is 10.9 Å². The van der Waals surface area contributed by atoms with E-state index in [9.17, 15) is 0 Å². The molecule has 0 aliphatic carbocycles. The molecule has 0 aliphatic heterocycles. The van der Waals surface area contributed by atoms with Crippen molar-refractivity contribution in [1.29, 1.82) is 0 Å². The molecular formula is C17H20ClNO. The molecule has 20 heavy (non-hydrogen) atoms. The van der Waals surface area contributed by atoms with Gasteiger partial charge in [-0.2, -0.15) is 0 Å². The molecule has 0 bridgehead atoms. The summed E-state index contributed by atoms with van der Waals surface area (Å²) in [5.41, 5.74) is 2.54. The second-order valence-electron chi connectivity index (χ2n) is 4.77. The van der Waals surface area contributed by atoms with Gasteiger partial charge in [-0.1, -0.05) is 35.9 Å². The molecule has 0 amide bonds. The summed E-state index contributed by atoms with van der Waals surface area (Å²) in [6, 6.07) is 16.4. The van der Waals surface area contributed by atoms with Crippen LogP contribution in [0.4, 0.5) is 0 Å². The Kier molecular flexibility index (Phi) is 5.45. The number of benzene rings is 2. The Labute approximate surface area is 125 Å². The fourth-order valence-electron chi connectivity index (χ4n) is 2.37. The molecule has 2 rings (SSSR count). The van der Waals surface area contributed by atoms with E-state index in [0.717, 1.165) is 23.7 Å². The van der Waals surface area contributed by atoms with Crippen molar-refractivity contribution >= 4 is 11.6 Å². The molecule has 1 N–H and O–H groups in total. The predicted molar refractivity (Wildman–Crippen MR) is 84.8 cm³/mol. The van der Waals surface area contributed by atoms with Crippen LogP contribution in [0.25, 0.3) is 0 Å². The van der Waals surface area contributed by atoms with Gasteiger partial charge in [0.2, 0.25) is 0 Å². The van der Waals surface area contributed by atoms with Crippen molar-refractivity contribution in [3.8, 4) is 5.75 Å². The van der Waals surface area contributed by atoms with E-state index in [0.29, 0.717) is 5.92 Å². The normalized spacial score (nSPS) is 12.2. The number of rotatable bonds is 6. The van der Waals surface area contributed by atoms with Gasteiger partial charge in [0.05, 0.1) is 7.11 Å². The van der Waals surface area contributed by atoms with Crippen molar-refractivity contribution in [2.75, 3.05) is 20.7 Å². The molecule has 0 aliphatic rings. The highest BCUT2D eigenvalue weighted by molar-refractivity contribution is 6.30. The summed E-state index contributed by atoms with van der Waals surface area (Å²) in [6.07, 6.45) is 1.03. The summed E-state index contributed by atoms with van der Waals surface area (Å²) in [5, 5.41) is 3.99.